The molecule has 0 spiro atoms. The summed E-state index contributed by atoms with van der Waals surface area (Å²) < 4.78 is 0. The van der Waals surface area contributed by atoms with Crippen molar-refractivity contribution in [2.75, 3.05) is 0 Å². The van der Waals surface area contributed by atoms with E-state index in [1.54, 1.807) is 0 Å². The number of carbonyl (C=O) groups is 1. The standard InChI is InChI=1S/C16H20N4OS/c1-9-5-4-6-12(7-9)17-16-18-15(21)14(22-16)8-13-10(2)19-20-11(13)3/h4-8,10-11,13,19-20H,1-3H3,(H,17,18,21)/b14-8-. The number of amides is 1. The van der Waals surface area contributed by atoms with E-state index in [1.165, 1.54) is 11.8 Å². The van der Waals surface area contributed by atoms with E-state index in [9.17, 15) is 4.79 Å². The second-order valence-corrected chi connectivity index (χ2v) is 6.82. The molecule has 2 heterocycles. The van der Waals surface area contributed by atoms with Crippen LogP contribution in [-0.2, 0) is 4.79 Å². The van der Waals surface area contributed by atoms with Crippen LogP contribution in [0.15, 0.2) is 40.2 Å². The smallest absolute Gasteiger partial charge is 0.263 e. The van der Waals surface area contributed by atoms with Gasteiger partial charge in [0.15, 0.2) is 5.17 Å². The van der Waals surface area contributed by atoms with E-state index in [2.05, 4.69) is 35.0 Å². The van der Waals surface area contributed by atoms with Gasteiger partial charge in [-0.25, -0.2) is 4.99 Å². The Bertz CT molecular complexity index is 645. The third-order valence-corrected chi connectivity index (χ3v) is 4.85. The summed E-state index contributed by atoms with van der Waals surface area (Å²) >= 11 is 1.41. The second-order valence-electron chi connectivity index (χ2n) is 5.79. The molecule has 2 unspecified atom stereocenters. The van der Waals surface area contributed by atoms with E-state index >= 15 is 0 Å². The number of nitrogens with one attached hydrogen (secondary N) is 3. The number of carbonyl (C=O) groups excluding carboxylic acids is 1. The summed E-state index contributed by atoms with van der Waals surface area (Å²) in [6, 6.07) is 8.52. The molecule has 0 radical (unpaired) electrons. The zero-order valence-corrected chi connectivity index (χ0v) is 13.7. The molecule has 116 valence electrons. The molecule has 2 fully saturated rings. The Kier molecular flexibility index (Phi) is 4.33. The highest BCUT2D eigenvalue weighted by Gasteiger charge is 2.31. The summed E-state index contributed by atoms with van der Waals surface area (Å²) in [5.41, 5.74) is 8.41. The van der Waals surface area contributed by atoms with Crippen LogP contribution < -0.4 is 16.2 Å². The van der Waals surface area contributed by atoms with Crippen LogP contribution in [0.1, 0.15) is 19.4 Å². The maximum absolute atomic E-state index is 12.1. The van der Waals surface area contributed by atoms with Crippen LogP contribution in [0.4, 0.5) is 5.69 Å². The maximum atomic E-state index is 12.1. The van der Waals surface area contributed by atoms with E-state index < -0.39 is 0 Å². The molecule has 0 aliphatic carbocycles. The van der Waals surface area contributed by atoms with Gasteiger partial charge >= 0.3 is 0 Å². The van der Waals surface area contributed by atoms with Gasteiger partial charge in [0, 0.05) is 18.0 Å². The molecule has 2 atom stereocenters. The molecular weight excluding hydrogens is 296 g/mol. The van der Waals surface area contributed by atoms with E-state index in [0.717, 1.165) is 16.2 Å². The normalized spacial score (nSPS) is 32.0. The monoisotopic (exact) mass is 316 g/mol. The fourth-order valence-electron chi connectivity index (χ4n) is 2.66. The molecule has 22 heavy (non-hydrogen) atoms. The van der Waals surface area contributed by atoms with Crippen LogP contribution in [-0.4, -0.2) is 23.2 Å². The summed E-state index contributed by atoms with van der Waals surface area (Å²) in [6.07, 6.45) is 2.04. The fraction of sp³-hybridized carbons (Fsp3) is 0.375. The van der Waals surface area contributed by atoms with Gasteiger partial charge in [-0.15, -0.1) is 0 Å². The zero-order valence-electron chi connectivity index (χ0n) is 12.9. The van der Waals surface area contributed by atoms with Crippen molar-refractivity contribution in [2.24, 2.45) is 10.9 Å². The lowest BCUT2D eigenvalue weighted by atomic mass is 9.96. The van der Waals surface area contributed by atoms with Crippen LogP contribution in [0.2, 0.25) is 0 Å². The number of amidine groups is 1. The number of thioether (sulfide) groups is 1. The molecule has 1 aromatic rings. The molecule has 5 nitrogen and oxygen atoms in total. The quantitative estimate of drug-likeness (QED) is 0.732. The van der Waals surface area contributed by atoms with Gasteiger partial charge in [-0.2, -0.15) is 0 Å². The molecule has 0 bridgehead atoms. The van der Waals surface area contributed by atoms with E-state index in [1.807, 2.05) is 37.3 Å². The third kappa shape index (κ3) is 3.24. The first-order valence-electron chi connectivity index (χ1n) is 7.40. The van der Waals surface area contributed by atoms with Gasteiger partial charge in [-0.1, -0.05) is 18.2 Å². The minimum absolute atomic E-state index is 0.0669. The summed E-state index contributed by atoms with van der Waals surface area (Å²) in [4.78, 5) is 17.4. The van der Waals surface area contributed by atoms with Crippen molar-refractivity contribution < 1.29 is 4.79 Å². The molecule has 1 amide bonds. The number of rotatable bonds is 2. The Morgan fingerprint density at radius 2 is 1.95 bits per heavy atom. The van der Waals surface area contributed by atoms with Gasteiger partial charge in [0.05, 0.1) is 10.6 Å². The summed E-state index contributed by atoms with van der Waals surface area (Å²) in [5.74, 6) is 0.217. The minimum atomic E-state index is -0.0669. The fourth-order valence-corrected chi connectivity index (χ4v) is 3.53. The number of hydrazine groups is 1. The van der Waals surface area contributed by atoms with Crippen LogP contribution in [0.5, 0.6) is 0 Å². The van der Waals surface area contributed by atoms with Crippen molar-refractivity contribution in [3.8, 4) is 0 Å². The van der Waals surface area contributed by atoms with Crippen molar-refractivity contribution >= 4 is 28.5 Å². The number of benzene rings is 1. The molecule has 2 aliphatic rings. The van der Waals surface area contributed by atoms with Crippen molar-refractivity contribution in [3.63, 3.8) is 0 Å². The van der Waals surface area contributed by atoms with E-state index in [-0.39, 0.29) is 11.8 Å². The van der Waals surface area contributed by atoms with Crippen molar-refractivity contribution in [1.82, 2.24) is 16.2 Å². The minimum Gasteiger partial charge on any atom is -0.300 e. The predicted octanol–water partition coefficient (Wildman–Crippen LogP) is 2.23. The number of hydrogen-bond donors (Lipinski definition) is 3. The van der Waals surface area contributed by atoms with Gasteiger partial charge in [0.25, 0.3) is 5.91 Å². The Labute approximate surface area is 134 Å². The Morgan fingerprint density at radius 1 is 1.23 bits per heavy atom. The first-order valence-corrected chi connectivity index (χ1v) is 8.22. The van der Waals surface area contributed by atoms with Crippen LogP contribution >= 0.6 is 11.8 Å². The van der Waals surface area contributed by atoms with Crippen LogP contribution in [0, 0.1) is 12.8 Å². The molecule has 2 aliphatic heterocycles. The number of aliphatic imine (C=N–C) groups is 1. The average Bonchev–Trinajstić information content (AvgIpc) is 2.96. The molecule has 3 rings (SSSR count). The SMILES string of the molecule is Cc1cccc(N=C2NC(=O)/C(=C/C3C(C)NNC3C)S2)c1. The number of nitrogens with zero attached hydrogens (tertiary/aromatic N) is 1. The Hall–Kier alpha value is -1.63. The Balaban J connectivity index is 1.78. The highest BCUT2D eigenvalue weighted by molar-refractivity contribution is 8.18. The van der Waals surface area contributed by atoms with Crippen molar-refractivity contribution in [3.05, 3.63) is 40.8 Å². The first kappa shape index (κ1) is 15.3. The van der Waals surface area contributed by atoms with Gasteiger partial charge in [-0.05, 0) is 50.2 Å². The molecule has 0 saturated carbocycles. The lowest BCUT2D eigenvalue weighted by Gasteiger charge is -2.13. The van der Waals surface area contributed by atoms with Crippen LogP contribution in [0.25, 0.3) is 0 Å². The largest absolute Gasteiger partial charge is 0.300 e. The molecule has 2 saturated heterocycles. The van der Waals surface area contributed by atoms with Gasteiger partial charge in [0.1, 0.15) is 0 Å². The van der Waals surface area contributed by atoms with E-state index in [0.29, 0.717) is 17.3 Å². The maximum Gasteiger partial charge on any atom is 0.263 e. The highest BCUT2D eigenvalue weighted by Crippen LogP contribution is 2.29. The summed E-state index contributed by atoms with van der Waals surface area (Å²) in [6.45, 7) is 6.24. The van der Waals surface area contributed by atoms with Gasteiger partial charge in [-0.3, -0.25) is 15.6 Å². The average molecular weight is 316 g/mol. The molecule has 0 aromatic heterocycles. The summed E-state index contributed by atoms with van der Waals surface area (Å²) in [7, 11) is 0. The molecule has 1 aromatic carbocycles. The number of aryl methyl sites for hydroxylation is 1. The summed E-state index contributed by atoms with van der Waals surface area (Å²) in [5, 5.41) is 3.48. The lowest BCUT2D eigenvalue weighted by molar-refractivity contribution is -0.115. The van der Waals surface area contributed by atoms with E-state index in [4.69, 9.17) is 0 Å². The molecular formula is C16H20N4OS. The third-order valence-electron chi connectivity index (χ3n) is 3.92. The lowest BCUT2D eigenvalue weighted by Crippen LogP contribution is -2.30. The van der Waals surface area contributed by atoms with Crippen molar-refractivity contribution in [1.29, 1.82) is 0 Å². The Morgan fingerprint density at radius 3 is 2.64 bits per heavy atom. The topological polar surface area (TPSA) is 65.5 Å². The first-order chi connectivity index (χ1) is 10.5. The van der Waals surface area contributed by atoms with Crippen LogP contribution in [0.3, 0.4) is 0 Å². The van der Waals surface area contributed by atoms with Crippen molar-refractivity contribution in [2.45, 2.75) is 32.9 Å². The molecule has 6 heteroatoms. The highest BCUT2D eigenvalue weighted by atomic mass is 32.2. The van der Waals surface area contributed by atoms with Gasteiger partial charge in [0.2, 0.25) is 0 Å². The zero-order chi connectivity index (χ0) is 15.7. The van der Waals surface area contributed by atoms with Gasteiger partial charge < -0.3 is 5.32 Å². The predicted molar refractivity (Wildman–Crippen MR) is 90.8 cm³/mol. The molecule has 3 N–H and O–H groups in total. The number of hydrogen-bond acceptors (Lipinski definition) is 5. The second kappa shape index (κ2) is 6.24.